The van der Waals surface area contributed by atoms with Crippen LogP contribution in [-0.4, -0.2) is 109 Å². The highest BCUT2D eigenvalue weighted by Gasteiger charge is 2.23. The van der Waals surface area contributed by atoms with E-state index in [1.165, 1.54) is 6.26 Å². The molecule has 0 radical (unpaired) electrons. The van der Waals surface area contributed by atoms with Gasteiger partial charge in [-0.1, -0.05) is 20.3 Å². The number of carbonyl (C=O) groups is 1. The summed E-state index contributed by atoms with van der Waals surface area (Å²) in [7, 11) is 0. The van der Waals surface area contributed by atoms with Crippen molar-refractivity contribution in [3.05, 3.63) is 17.8 Å². The van der Waals surface area contributed by atoms with E-state index < -0.39 is 0 Å². The molecule has 0 bridgehead atoms. The minimum Gasteiger partial charge on any atom is -0.447 e. The minimum absolute atomic E-state index is 0.177. The number of aromatic nitrogens is 1. The van der Waals surface area contributed by atoms with Crippen LogP contribution in [0.25, 0.3) is 0 Å². The smallest absolute Gasteiger partial charge is 0.273 e. The maximum Gasteiger partial charge on any atom is 0.273 e. The molecule has 2 aliphatic rings. The number of aliphatic hydroxyl groups is 1. The van der Waals surface area contributed by atoms with Gasteiger partial charge in [-0.3, -0.25) is 19.5 Å². The lowest BCUT2D eigenvalue weighted by atomic mass is 10.1. The Bertz CT molecular complexity index is 641. The Morgan fingerprint density at radius 2 is 1.77 bits per heavy atom. The van der Waals surface area contributed by atoms with Crippen LogP contribution in [0.15, 0.2) is 10.7 Å². The van der Waals surface area contributed by atoms with Gasteiger partial charge in [0.25, 0.3) is 5.91 Å². The quantitative estimate of drug-likeness (QED) is 0.554. The monoisotopic (exact) mass is 423 g/mol. The molecule has 2 atom stereocenters. The average molecular weight is 424 g/mol. The molecule has 3 rings (SSSR count). The van der Waals surface area contributed by atoms with Gasteiger partial charge in [-0.15, -0.1) is 0 Å². The number of hydrogen-bond acceptors (Lipinski definition) is 8. The van der Waals surface area contributed by atoms with Gasteiger partial charge < -0.3 is 19.6 Å². The molecule has 30 heavy (non-hydrogen) atoms. The second-order valence-electron chi connectivity index (χ2n) is 8.49. The first kappa shape index (κ1) is 23.1. The topological polar surface area (TPSA) is 94.3 Å². The Morgan fingerprint density at radius 3 is 2.43 bits per heavy atom. The van der Waals surface area contributed by atoms with Crippen molar-refractivity contribution in [1.29, 1.82) is 0 Å². The van der Waals surface area contributed by atoms with Gasteiger partial charge in [-0.2, -0.15) is 0 Å². The summed E-state index contributed by atoms with van der Waals surface area (Å²) >= 11 is 0. The van der Waals surface area contributed by atoms with E-state index in [-0.39, 0.29) is 12.0 Å². The van der Waals surface area contributed by atoms with E-state index in [1.807, 2.05) is 0 Å². The number of nitrogens with zero attached hydrogens (tertiary/aromatic N) is 4. The highest BCUT2D eigenvalue weighted by atomic mass is 16.5. The number of rotatable bonds is 10. The zero-order chi connectivity index (χ0) is 21.3. The molecule has 0 aliphatic carbocycles. The number of nitrogens with one attached hydrogen (secondary N) is 1. The van der Waals surface area contributed by atoms with E-state index in [9.17, 15) is 9.90 Å². The first-order valence-corrected chi connectivity index (χ1v) is 11.2. The van der Waals surface area contributed by atoms with E-state index in [1.54, 1.807) is 0 Å². The summed E-state index contributed by atoms with van der Waals surface area (Å²) in [5, 5.41) is 13.3. The summed E-state index contributed by atoms with van der Waals surface area (Å²) in [6.07, 6.45) is 2.14. The molecule has 9 heteroatoms. The van der Waals surface area contributed by atoms with E-state index >= 15 is 0 Å². The van der Waals surface area contributed by atoms with Gasteiger partial charge in [0.05, 0.1) is 25.9 Å². The Morgan fingerprint density at radius 1 is 1.13 bits per heavy atom. The van der Waals surface area contributed by atoms with Crippen LogP contribution in [0.4, 0.5) is 0 Å². The largest absolute Gasteiger partial charge is 0.447 e. The lowest BCUT2D eigenvalue weighted by Crippen LogP contribution is -2.50. The van der Waals surface area contributed by atoms with Gasteiger partial charge >= 0.3 is 0 Å². The summed E-state index contributed by atoms with van der Waals surface area (Å²) in [6.45, 7) is 13.8. The van der Waals surface area contributed by atoms with Gasteiger partial charge in [0.15, 0.2) is 5.69 Å². The van der Waals surface area contributed by atoms with E-state index in [4.69, 9.17) is 9.15 Å². The number of piperazine rings is 1. The molecule has 9 nitrogen and oxygen atoms in total. The molecule has 0 saturated carbocycles. The summed E-state index contributed by atoms with van der Waals surface area (Å²) in [6, 6.07) is 0. The molecular formula is C21H37N5O4. The van der Waals surface area contributed by atoms with Crippen LogP contribution in [0.5, 0.6) is 0 Å². The minimum atomic E-state index is -0.335. The molecule has 2 fully saturated rings. The fraction of sp³-hybridized carbons (Fsp3) is 0.810. The van der Waals surface area contributed by atoms with Gasteiger partial charge in [0.2, 0.25) is 5.89 Å². The lowest BCUT2D eigenvalue weighted by Gasteiger charge is -2.36. The Balaban J connectivity index is 1.35. The fourth-order valence-electron chi connectivity index (χ4n) is 3.75. The highest BCUT2D eigenvalue weighted by Crippen LogP contribution is 2.10. The molecule has 1 amide bonds. The second kappa shape index (κ2) is 11.8. The summed E-state index contributed by atoms with van der Waals surface area (Å²) in [5.74, 6) is 0.845. The zero-order valence-electron chi connectivity index (χ0n) is 18.4. The molecule has 170 valence electrons. The van der Waals surface area contributed by atoms with E-state index in [0.29, 0.717) is 43.7 Å². The number of carbonyl (C=O) groups excluding carboxylic acids is 1. The van der Waals surface area contributed by atoms with Gasteiger partial charge in [0, 0.05) is 58.9 Å². The number of ether oxygens (including phenoxy) is 1. The third kappa shape index (κ3) is 7.31. The van der Waals surface area contributed by atoms with Gasteiger partial charge in [-0.25, -0.2) is 4.98 Å². The first-order valence-electron chi connectivity index (χ1n) is 11.2. The molecule has 2 N–H and O–H groups in total. The van der Waals surface area contributed by atoms with E-state index in [0.717, 1.165) is 58.9 Å². The maximum atomic E-state index is 12.2. The number of oxazole rings is 1. The lowest BCUT2D eigenvalue weighted by molar-refractivity contribution is 0.00187. The third-order valence-electron chi connectivity index (χ3n) is 5.96. The molecule has 2 saturated heterocycles. The van der Waals surface area contributed by atoms with Crippen LogP contribution < -0.4 is 5.32 Å². The van der Waals surface area contributed by atoms with Crippen molar-refractivity contribution >= 4 is 5.91 Å². The van der Waals surface area contributed by atoms with Crippen LogP contribution >= 0.6 is 0 Å². The van der Waals surface area contributed by atoms with Crippen LogP contribution in [0.3, 0.4) is 0 Å². The van der Waals surface area contributed by atoms with Crippen molar-refractivity contribution in [2.24, 2.45) is 5.92 Å². The SMILES string of the molecule is CC[C@H](C)CNC(=O)c1coc(CN2CCN(C[C@@H](O)CN3CCOCC3)CC2)n1. The standard InChI is InChI=1S/C21H37N5O4/c1-3-17(2)12-22-21(28)19-16-30-20(23-19)15-25-6-4-24(5-7-25)13-18(27)14-26-8-10-29-11-9-26/h16-18,27H,3-15H2,1-2H3,(H,22,28)/t17-,18+/m0/s1. The number of aliphatic hydroxyl groups excluding tert-OH is 1. The second-order valence-corrected chi connectivity index (χ2v) is 8.49. The maximum absolute atomic E-state index is 12.2. The molecule has 0 aromatic carbocycles. The number of morpholine rings is 1. The molecule has 0 unspecified atom stereocenters. The van der Waals surface area contributed by atoms with Crippen molar-refractivity contribution in [3.63, 3.8) is 0 Å². The van der Waals surface area contributed by atoms with E-state index in [2.05, 4.69) is 38.8 Å². The highest BCUT2D eigenvalue weighted by molar-refractivity contribution is 5.91. The third-order valence-corrected chi connectivity index (χ3v) is 5.96. The molecule has 0 spiro atoms. The molecule has 1 aromatic rings. The zero-order valence-corrected chi connectivity index (χ0v) is 18.4. The van der Waals surface area contributed by atoms with Crippen molar-refractivity contribution in [3.8, 4) is 0 Å². The van der Waals surface area contributed by atoms with Crippen LogP contribution in [-0.2, 0) is 11.3 Å². The van der Waals surface area contributed by atoms with Crippen molar-refractivity contribution in [1.82, 2.24) is 25.0 Å². The van der Waals surface area contributed by atoms with Crippen LogP contribution in [0.2, 0.25) is 0 Å². The Labute approximate surface area is 179 Å². The molecule has 2 aliphatic heterocycles. The number of hydrogen-bond donors (Lipinski definition) is 2. The Hall–Kier alpha value is -1.52. The molecule has 1 aromatic heterocycles. The van der Waals surface area contributed by atoms with Gasteiger partial charge in [0.1, 0.15) is 6.26 Å². The summed E-state index contributed by atoms with van der Waals surface area (Å²) in [4.78, 5) is 23.4. The van der Waals surface area contributed by atoms with Crippen LogP contribution in [0, 0.1) is 5.92 Å². The molecule has 3 heterocycles. The normalized spacial score (nSPS) is 21.4. The van der Waals surface area contributed by atoms with Gasteiger partial charge in [-0.05, 0) is 5.92 Å². The first-order chi connectivity index (χ1) is 14.5. The van der Waals surface area contributed by atoms with Crippen molar-refractivity contribution < 1.29 is 19.1 Å². The van der Waals surface area contributed by atoms with Crippen molar-refractivity contribution in [2.45, 2.75) is 32.9 Å². The number of amides is 1. The predicted octanol–water partition coefficient (Wildman–Crippen LogP) is 0.261. The van der Waals surface area contributed by atoms with Crippen molar-refractivity contribution in [2.75, 3.05) is 72.1 Å². The number of β-amino-alcohol motifs (C(OH)–C–C–N with tert-alkyl or cyclic N) is 1. The van der Waals surface area contributed by atoms with Crippen LogP contribution in [0.1, 0.15) is 36.6 Å². The fourth-order valence-corrected chi connectivity index (χ4v) is 3.75. The summed E-state index contributed by atoms with van der Waals surface area (Å²) in [5.41, 5.74) is 0.346. The molecular weight excluding hydrogens is 386 g/mol. The summed E-state index contributed by atoms with van der Waals surface area (Å²) < 4.78 is 10.9. The average Bonchev–Trinajstić information content (AvgIpc) is 3.22. The predicted molar refractivity (Wildman–Crippen MR) is 113 cm³/mol. The Kier molecular flexibility index (Phi) is 9.07.